The van der Waals surface area contributed by atoms with Crippen LogP contribution in [0, 0.1) is 0 Å². The molecule has 0 spiro atoms. The largest absolute Gasteiger partial charge is 0.459 e. The standard InChI is InChI=1S/C17H18BrN3O3/c18-13-3-5-14(6-4-13)19-16(22)12-20-7-9-21(10-8-20)17(23)15-2-1-11-24-15/h1-6,11H,7-10,12H2,(H,19,22)/p+1. The summed E-state index contributed by atoms with van der Waals surface area (Å²) in [5.74, 6) is 0.267. The van der Waals surface area contributed by atoms with Crippen LogP contribution in [0.25, 0.3) is 0 Å². The summed E-state index contributed by atoms with van der Waals surface area (Å²) >= 11 is 3.37. The van der Waals surface area contributed by atoms with Gasteiger partial charge < -0.3 is 19.5 Å². The van der Waals surface area contributed by atoms with Crippen molar-refractivity contribution >= 4 is 33.4 Å². The molecule has 1 saturated heterocycles. The fraction of sp³-hybridized carbons (Fsp3) is 0.294. The van der Waals surface area contributed by atoms with Crippen molar-refractivity contribution < 1.29 is 18.9 Å². The molecule has 1 aliphatic rings. The molecule has 0 radical (unpaired) electrons. The highest BCUT2D eigenvalue weighted by atomic mass is 79.9. The number of anilines is 1. The monoisotopic (exact) mass is 392 g/mol. The number of amides is 2. The van der Waals surface area contributed by atoms with E-state index in [4.69, 9.17) is 4.42 Å². The Balaban J connectivity index is 1.46. The summed E-state index contributed by atoms with van der Waals surface area (Å²) in [6.45, 7) is 3.15. The van der Waals surface area contributed by atoms with Crippen molar-refractivity contribution in [1.29, 1.82) is 0 Å². The Bertz CT molecular complexity index is 692. The van der Waals surface area contributed by atoms with Gasteiger partial charge in [0.2, 0.25) is 0 Å². The van der Waals surface area contributed by atoms with Crippen molar-refractivity contribution in [3.05, 3.63) is 52.9 Å². The Labute approximate surface area is 148 Å². The Kier molecular flexibility index (Phi) is 5.32. The molecular weight excluding hydrogens is 374 g/mol. The second-order valence-corrected chi connectivity index (χ2v) is 6.67. The molecule has 0 saturated carbocycles. The van der Waals surface area contributed by atoms with Gasteiger partial charge in [0, 0.05) is 10.2 Å². The third-order valence-electron chi connectivity index (χ3n) is 4.03. The number of benzene rings is 1. The molecule has 6 nitrogen and oxygen atoms in total. The zero-order chi connectivity index (χ0) is 16.9. The van der Waals surface area contributed by atoms with E-state index in [1.807, 2.05) is 24.3 Å². The summed E-state index contributed by atoms with van der Waals surface area (Å²) in [7, 11) is 0. The predicted molar refractivity (Wildman–Crippen MR) is 92.9 cm³/mol. The van der Waals surface area contributed by atoms with E-state index in [0.717, 1.165) is 23.2 Å². The number of piperazine rings is 1. The quantitative estimate of drug-likeness (QED) is 0.816. The molecular formula is C17H19BrN3O3+. The average Bonchev–Trinajstić information content (AvgIpc) is 3.11. The van der Waals surface area contributed by atoms with Crippen LogP contribution in [0.2, 0.25) is 0 Å². The molecule has 2 N–H and O–H groups in total. The molecule has 1 fully saturated rings. The lowest BCUT2D eigenvalue weighted by atomic mass is 10.2. The molecule has 24 heavy (non-hydrogen) atoms. The van der Waals surface area contributed by atoms with E-state index in [0.29, 0.717) is 25.4 Å². The van der Waals surface area contributed by atoms with Crippen LogP contribution in [0.3, 0.4) is 0 Å². The van der Waals surface area contributed by atoms with E-state index in [1.54, 1.807) is 17.0 Å². The lowest BCUT2D eigenvalue weighted by molar-refractivity contribution is -0.895. The smallest absolute Gasteiger partial charge is 0.289 e. The van der Waals surface area contributed by atoms with Crippen LogP contribution in [0.1, 0.15) is 10.6 Å². The minimum absolute atomic E-state index is 0.0156. The second kappa shape index (κ2) is 7.63. The maximum absolute atomic E-state index is 12.2. The first-order valence-corrected chi connectivity index (χ1v) is 8.63. The molecule has 1 aliphatic heterocycles. The number of rotatable bonds is 4. The number of carbonyl (C=O) groups excluding carboxylic acids is 2. The van der Waals surface area contributed by atoms with E-state index < -0.39 is 0 Å². The molecule has 0 bridgehead atoms. The molecule has 1 aromatic heterocycles. The summed E-state index contributed by atoms with van der Waals surface area (Å²) < 4.78 is 6.12. The van der Waals surface area contributed by atoms with Gasteiger partial charge in [-0.05, 0) is 36.4 Å². The summed E-state index contributed by atoms with van der Waals surface area (Å²) in [6, 6.07) is 10.9. The number of nitrogens with zero attached hydrogens (tertiary/aromatic N) is 1. The first-order chi connectivity index (χ1) is 11.6. The van der Waals surface area contributed by atoms with Gasteiger partial charge in [0.25, 0.3) is 11.8 Å². The maximum Gasteiger partial charge on any atom is 0.289 e. The zero-order valence-corrected chi connectivity index (χ0v) is 14.7. The summed E-state index contributed by atoms with van der Waals surface area (Å²) in [5, 5.41) is 2.90. The van der Waals surface area contributed by atoms with Crippen molar-refractivity contribution in [2.75, 3.05) is 38.0 Å². The van der Waals surface area contributed by atoms with E-state index in [-0.39, 0.29) is 11.8 Å². The number of hydrogen-bond donors (Lipinski definition) is 2. The van der Waals surface area contributed by atoms with Crippen molar-refractivity contribution in [3.8, 4) is 0 Å². The van der Waals surface area contributed by atoms with Crippen molar-refractivity contribution in [2.24, 2.45) is 0 Å². The van der Waals surface area contributed by atoms with Crippen LogP contribution in [0.15, 0.2) is 51.6 Å². The van der Waals surface area contributed by atoms with Gasteiger partial charge in [-0.15, -0.1) is 0 Å². The van der Waals surface area contributed by atoms with Crippen LogP contribution < -0.4 is 10.2 Å². The number of hydrogen-bond acceptors (Lipinski definition) is 3. The molecule has 2 amide bonds. The molecule has 7 heteroatoms. The fourth-order valence-electron chi connectivity index (χ4n) is 2.72. The minimum atomic E-state index is -0.0848. The number of halogens is 1. The van der Waals surface area contributed by atoms with Gasteiger partial charge in [-0.1, -0.05) is 15.9 Å². The molecule has 0 unspecified atom stereocenters. The molecule has 2 heterocycles. The van der Waals surface area contributed by atoms with Crippen molar-refractivity contribution in [1.82, 2.24) is 4.90 Å². The molecule has 0 atom stereocenters. The Morgan fingerprint density at radius 2 is 1.88 bits per heavy atom. The van der Waals surface area contributed by atoms with Crippen LogP contribution in [0.5, 0.6) is 0 Å². The number of carbonyl (C=O) groups is 2. The summed E-state index contributed by atoms with van der Waals surface area (Å²) in [5.41, 5.74) is 0.786. The molecule has 2 aromatic rings. The van der Waals surface area contributed by atoms with Gasteiger partial charge >= 0.3 is 0 Å². The molecule has 1 aromatic carbocycles. The second-order valence-electron chi connectivity index (χ2n) is 5.75. The Morgan fingerprint density at radius 3 is 2.50 bits per heavy atom. The molecule has 3 rings (SSSR count). The van der Waals surface area contributed by atoms with Crippen LogP contribution in [0.4, 0.5) is 5.69 Å². The van der Waals surface area contributed by atoms with Gasteiger partial charge in [-0.2, -0.15) is 0 Å². The number of furan rings is 1. The normalized spacial score (nSPS) is 15.3. The van der Waals surface area contributed by atoms with Gasteiger partial charge in [-0.3, -0.25) is 9.59 Å². The van der Waals surface area contributed by atoms with Crippen molar-refractivity contribution in [2.45, 2.75) is 0 Å². The van der Waals surface area contributed by atoms with Crippen molar-refractivity contribution in [3.63, 3.8) is 0 Å². The van der Waals surface area contributed by atoms with E-state index in [9.17, 15) is 9.59 Å². The van der Waals surface area contributed by atoms with Gasteiger partial charge in [0.05, 0.1) is 32.4 Å². The molecule has 0 aliphatic carbocycles. The van der Waals surface area contributed by atoms with Gasteiger partial charge in [-0.25, -0.2) is 0 Å². The fourth-order valence-corrected chi connectivity index (χ4v) is 2.99. The Hall–Kier alpha value is -2.12. The topological polar surface area (TPSA) is 67.0 Å². The Morgan fingerprint density at radius 1 is 1.17 bits per heavy atom. The van der Waals surface area contributed by atoms with Crippen LogP contribution in [-0.4, -0.2) is 49.4 Å². The lowest BCUT2D eigenvalue weighted by Gasteiger charge is -2.31. The first kappa shape index (κ1) is 16.7. The zero-order valence-electron chi connectivity index (χ0n) is 13.1. The van der Waals surface area contributed by atoms with Crippen LogP contribution >= 0.6 is 15.9 Å². The molecule has 126 valence electrons. The average molecular weight is 393 g/mol. The number of quaternary nitrogens is 1. The maximum atomic E-state index is 12.2. The number of nitrogens with one attached hydrogen (secondary N) is 2. The SMILES string of the molecule is O=C(C[NH+]1CCN(C(=O)c2ccco2)CC1)Nc1ccc(Br)cc1. The predicted octanol–water partition coefficient (Wildman–Crippen LogP) is 1.02. The van der Waals surface area contributed by atoms with E-state index in [2.05, 4.69) is 21.2 Å². The third-order valence-corrected chi connectivity index (χ3v) is 4.56. The highest BCUT2D eigenvalue weighted by Gasteiger charge is 2.26. The summed E-state index contributed by atoms with van der Waals surface area (Å²) in [6.07, 6.45) is 1.50. The minimum Gasteiger partial charge on any atom is -0.459 e. The highest BCUT2D eigenvalue weighted by molar-refractivity contribution is 9.10. The lowest BCUT2D eigenvalue weighted by Crippen LogP contribution is -3.15. The van der Waals surface area contributed by atoms with Gasteiger partial charge in [0.15, 0.2) is 12.3 Å². The van der Waals surface area contributed by atoms with Crippen LogP contribution in [-0.2, 0) is 4.79 Å². The highest BCUT2D eigenvalue weighted by Crippen LogP contribution is 2.13. The van der Waals surface area contributed by atoms with E-state index >= 15 is 0 Å². The van der Waals surface area contributed by atoms with E-state index in [1.165, 1.54) is 11.2 Å². The summed E-state index contributed by atoms with van der Waals surface area (Å²) in [4.78, 5) is 27.3. The first-order valence-electron chi connectivity index (χ1n) is 7.83. The van der Waals surface area contributed by atoms with Gasteiger partial charge in [0.1, 0.15) is 0 Å². The third kappa shape index (κ3) is 4.24.